The number of carbonyl (C=O) groups excluding carboxylic acids is 1. The maximum atomic E-state index is 10.8. The first-order valence-electron chi connectivity index (χ1n) is 6.65. The van der Waals surface area contributed by atoms with Crippen LogP contribution in [0, 0.1) is 5.92 Å². The number of amides is 1. The van der Waals surface area contributed by atoms with Crippen LogP contribution in [0.1, 0.15) is 46.0 Å². The van der Waals surface area contributed by atoms with Crippen molar-refractivity contribution < 1.29 is 14.7 Å². The second-order valence-electron chi connectivity index (χ2n) is 4.46. The van der Waals surface area contributed by atoms with Crippen molar-refractivity contribution in [3.63, 3.8) is 0 Å². The quantitative estimate of drug-likeness (QED) is 0.424. The summed E-state index contributed by atoms with van der Waals surface area (Å²) in [6.45, 7) is 4.40. The van der Waals surface area contributed by atoms with Gasteiger partial charge in [0.15, 0.2) is 0 Å². The molecule has 0 aliphatic carbocycles. The van der Waals surface area contributed by atoms with Gasteiger partial charge in [-0.15, -0.1) is 0 Å². The number of carboxylic acid groups (broad SMARTS) is 1. The Balaban J connectivity index is 3.74. The van der Waals surface area contributed by atoms with Crippen molar-refractivity contribution >= 4 is 24.1 Å². The monoisotopic (exact) mass is 275 g/mol. The van der Waals surface area contributed by atoms with Gasteiger partial charge in [-0.3, -0.25) is 4.79 Å². The number of nitrogens with one attached hydrogen (secondary N) is 1. The predicted molar refractivity (Wildman–Crippen MR) is 75.9 cm³/mol. The molecule has 0 aromatic carbocycles. The number of rotatable bonds is 12. The second-order valence-corrected chi connectivity index (χ2v) is 5.61. The molecule has 4 nitrogen and oxygen atoms in total. The molecule has 2 unspecified atom stereocenters. The Morgan fingerprint density at radius 1 is 1.39 bits per heavy atom. The van der Waals surface area contributed by atoms with E-state index in [0.717, 1.165) is 17.4 Å². The van der Waals surface area contributed by atoms with Gasteiger partial charge in [0.2, 0.25) is 6.41 Å². The molecule has 0 saturated heterocycles. The van der Waals surface area contributed by atoms with E-state index >= 15 is 0 Å². The summed E-state index contributed by atoms with van der Waals surface area (Å²) < 4.78 is 0. The Hall–Kier alpha value is -0.710. The smallest absolute Gasteiger partial charge is 0.326 e. The van der Waals surface area contributed by atoms with Gasteiger partial charge < -0.3 is 10.4 Å². The molecule has 0 bridgehead atoms. The van der Waals surface area contributed by atoms with Gasteiger partial charge in [0.05, 0.1) is 0 Å². The van der Waals surface area contributed by atoms with Crippen LogP contribution >= 0.6 is 11.8 Å². The van der Waals surface area contributed by atoms with Crippen molar-refractivity contribution in [2.75, 3.05) is 11.5 Å². The van der Waals surface area contributed by atoms with E-state index in [4.69, 9.17) is 5.11 Å². The van der Waals surface area contributed by atoms with Crippen LogP contribution in [0.25, 0.3) is 0 Å². The maximum absolute atomic E-state index is 10.8. The third-order valence-electron chi connectivity index (χ3n) is 3.02. The first-order chi connectivity index (χ1) is 8.65. The molecule has 0 aliphatic rings. The van der Waals surface area contributed by atoms with E-state index in [0.29, 0.717) is 12.8 Å². The highest BCUT2D eigenvalue weighted by Gasteiger charge is 2.15. The van der Waals surface area contributed by atoms with E-state index in [9.17, 15) is 9.59 Å². The highest BCUT2D eigenvalue weighted by Crippen LogP contribution is 2.19. The molecule has 18 heavy (non-hydrogen) atoms. The summed E-state index contributed by atoms with van der Waals surface area (Å²) in [7, 11) is 0. The molecule has 0 rings (SSSR count). The lowest BCUT2D eigenvalue weighted by Crippen LogP contribution is -2.36. The third-order valence-corrected chi connectivity index (χ3v) is 4.25. The molecule has 2 N–H and O–H groups in total. The third kappa shape index (κ3) is 8.39. The van der Waals surface area contributed by atoms with Crippen LogP contribution in [0.15, 0.2) is 0 Å². The van der Waals surface area contributed by atoms with Crippen molar-refractivity contribution in [1.29, 1.82) is 0 Å². The fraction of sp³-hybridized carbons (Fsp3) is 0.846. The summed E-state index contributed by atoms with van der Waals surface area (Å²) in [6, 6.07) is -0.745. The van der Waals surface area contributed by atoms with Crippen LogP contribution in [0.4, 0.5) is 0 Å². The molecule has 0 heterocycles. The molecule has 0 radical (unpaired) electrons. The number of unbranched alkanes of at least 4 members (excludes halogenated alkanes) is 1. The molecule has 1 amide bonds. The zero-order chi connectivity index (χ0) is 13.8. The molecular formula is C13H25NO3S. The fourth-order valence-corrected chi connectivity index (χ4v) is 3.01. The Kier molecular flexibility index (Phi) is 10.9. The molecule has 0 aromatic rings. The molecular weight excluding hydrogens is 250 g/mol. The SMILES string of the molecule is CCCCC(CC)CSCCC(NC=O)C(=O)O. The van der Waals surface area contributed by atoms with E-state index in [1.165, 1.54) is 25.7 Å². The Morgan fingerprint density at radius 3 is 2.61 bits per heavy atom. The Labute approximate surface area is 114 Å². The van der Waals surface area contributed by atoms with E-state index in [1.807, 2.05) is 0 Å². The van der Waals surface area contributed by atoms with E-state index in [2.05, 4.69) is 19.2 Å². The van der Waals surface area contributed by atoms with E-state index in [1.54, 1.807) is 11.8 Å². The molecule has 0 fully saturated rings. The lowest BCUT2D eigenvalue weighted by molar-refractivity contribution is -0.140. The number of hydrogen-bond acceptors (Lipinski definition) is 3. The summed E-state index contributed by atoms with van der Waals surface area (Å²) in [6.07, 6.45) is 5.88. The highest BCUT2D eigenvalue weighted by atomic mass is 32.2. The van der Waals surface area contributed by atoms with E-state index < -0.39 is 12.0 Å². The molecule has 106 valence electrons. The normalized spacial score (nSPS) is 13.9. The van der Waals surface area contributed by atoms with Crippen molar-refractivity contribution in [1.82, 2.24) is 5.32 Å². The molecule has 0 spiro atoms. The average Bonchev–Trinajstić information content (AvgIpc) is 2.36. The summed E-state index contributed by atoms with van der Waals surface area (Å²) in [5, 5.41) is 11.2. The summed E-state index contributed by atoms with van der Waals surface area (Å²) in [5.74, 6) is 1.64. The lowest BCUT2D eigenvalue weighted by atomic mass is 10.0. The van der Waals surface area contributed by atoms with Crippen LogP contribution in [-0.4, -0.2) is 35.0 Å². The maximum Gasteiger partial charge on any atom is 0.326 e. The van der Waals surface area contributed by atoms with Crippen molar-refractivity contribution in [3.8, 4) is 0 Å². The molecule has 0 saturated carbocycles. The topological polar surface area (TPSA) is 66.4 Å². The van der Waals surface area contributed by atoms with Gasteiger partial charge in [0, 0.05) is 0 Å². The van der Waals surface area contributed by atoms with Crippen molar-refractivity contribution in [3.05, 3.63) is 0 Å². The van der Waals surface area contributed by atoms with Gasteiger partial charge in [-0.1, -0.05) is 33.1 Å². The van der Waals surface area contributed by atoms with Crippen molar-refractivity contribution in [2.45, 2.75) is 52.0 Å². The molecule has 5 heteroatoms. The van der Waals surface area contributed by atoms with Gasteiger partial charge in [-0.05, 0) is 30.3 Å². The zero-order valence-corrected chi connectivity index (χ0v) is 12.2. The number of thioether (sulfide) groups is 1. The molecule has 2 atom stereocenters. The number of hydrogen-bond donors (Lipinski definition) is 2. The standard InChI is InChI=1S/C13H25NO3S/c1-3-5-6-11(4-2)9-18-8-7-12(13(16)17)14-10-15/h10-12H,3-9H2,1-2H3,(H,14,15)(H,16,17). The average molecular weight is 275 g/mol. The van der Waals surface area contributed by atoms with Gasteiger partial charge in [0.25, 0.3) is 0 Å². The van der Waals surface area contributed by atoms with Gasteiger partial charge >= 0.3 is 5.97 Å². The van der Waals surface area contributed by atoms with Gasteiger partial charge in [-0.2, -0.15) is 11.8 Å². The first kappa shape index (κ1) is 17.3. The fourth-order valence-electron chi connectivity index (χ4n) is 1.71. The first-order valence-corrected chi connectivity index (χ1v) is 7.81. The summed E-state index contributed by atoms with van der Waals surface area (Å²) >= 11 is 1.79. The predicted octanol–water partition coefficient (Wildman–Crippen LogP) is 2.53. The Bertz CT molecular complexity index is 236. The van der Waals surface area contributed by atoms with Crippen LogP contribution in [0.3, 0.4) is 0 Å². The van der Waals surface area contributed by atoms with Crippen LogP contribution < -0.4 is 5.32 Å². The van der Waals surface area contributed by atoms with Crippen molar-refractivity contribution in [2.24, 2.45) is 5.92 Å². The van der Waals surface area contributed by atoms with Crippen LogP contribution in [-0.2, 0) is 9.59 Å². The lowest BCUT2D eigenvalue weighted by Gasteiger charge is -2.15. The highest BCUT2D eigenvalue weighted by molar-refractivity contribution is 7.99. The van der Waals surface area contributed by atoms with Crippen LogP contribution in [0.5, 0.6) is 0 Å². The van der Waals surface area contributed by atoms with Gasteiger partial charge in [-0.25, -0.2) is 4.79 Å². The molecule has 0 aliphatic heterocycles. The zero-order valence-electron chi connectivity index (χ0n) is 11.4. The minimum absolute atomic E-state index is 0.458. The number of carboxylic acids is 1. The Morgan fingerprint density at radius 2 is 2.11 bits per heavy atom. The minimum atomic E-state index is -0.958. The van der Waals surface area contributed by atoms with Crippen LogP contribution in [0.2, 0.25) is 0 Å². The van der Waals surface area contributed by atoms with Gasteiger partial charge in [0.1, 0.15) is 6.04 Å². The summed E-state index contributed by atoms with van der Waals surface area (Å²) in [4.78, 5) is 21.0. The largest absolute Gasteiger partial charge is 0.480 e. The van der Waals surface area contributed by atoms with E-state index in [-0.39, 0.29) is 0 Å². The second kappa shape index (κ2) is 11.4. The molecule has 0 aromatic heterocycles. The minimum Gasteiger partial charge on any atom is -0.480 e. The number of aliphatic carboxylic acids is 1. The number of carbonyl (C=O) groups is 2. The summed E-state index contributed by atoms with van der Waals surface area (Å²) in [5.41, 5.74) is 0.